The summed E-state index contributed by atoms with van der Waals surface area (Å²) in [4.78, 5) is 14.5. The number of benzene rings is 1. The van der Waals surface area contributed by atoms with Gasteiger partial charge in [-0.05, 0) is 42.5 Å². The highest BCUT2D eigenvalue weighted by Gasteiger charge is 2.29. The highest BCUT2D eigenvalue weighted by molar-refractivity contribution is 5.75. The minimum atomic E-state index is 0.0113. The molecule has 1 N–H and O–H groups in total. The molecule has 2 aromatic rings. The molecule has 0 bridgehead atoms. The second-order valence-electron chi connectivity index (χ2n) is 6.13. The van der Waals surface area contributed by atoms with E-state index in [0.29, 0.717) is 6.54 Å². The summed E-state index contributed by atoms with van der Waals surface area (Å²) in [7, 11) is 3.55. The minimum absolute atomic E-state index is 0.0113. The van der Waals surface area contributed by atoms with E-state index in [2.05, 4.69) is 10.4 Å². The number of ether oxygens (including phenoxy) is 1. The molecule has 6 nitrogen and oxygen atoms in total. The highest BCUT2D eigenvalue weighted by atomic mass is 16.5. The fraction of sp³-hybridized carbons (Fsp3) is 0.444. The van der Waals surface area contributed by atoms with Crippen molar-refractivity contribution >= 4 is 6.03 Å². The summed E-state index contributed by atoms with van der Waals surface area (Å²) in [5, 5.41) is 7.17. The van der Waals surface area contributed by atoms with Gasteiger partial charge in [-0.1, -0.05) is 12.1 Å². The molecule has 1 saturated heterocycles. The van der Waals surface area contributed by atoms with Crippen LogP contribution in [0.1, 0.15) is 30.0 Å². The Hall–Kier alpha value is -2.50. The number of carbonyl (C=O) groups excluding carboxylic acids is 1. The van der Waals surface area contributed by atoms with Crippen molar-refractivity contribution in [3.05, 3.63) is 47.8 Å². The number of hydrogen-bond acceptors (Lipinski definition) is 3. The lowest BCUT2D eigenvalue weighted by molar-refractivity contribution is 0.193. The van der Waals surface area contributed by atoms with Crippen LogP contribution in [0.4, 0.5) is 4.79 Å². The van der Waals surface area contributed by atoms with Gasteiger partial charge in [0.1, 0.15) is 5.75 Å². The number of nitrogens with one attached hydrogen (secondary N) is 1. The van der Waals surface area contributed by atoms with Crippen LogP contribution in [0.5, 0.6) is 5.75 Å². The highest BCUT2D eigenvalue weighted by Crippen LogP contribution is 2.32. The summed E-state index contributed by atoms with van der Waals surface area (Å²) in [6.45, 7) is 1.42. The maximum Gasteiger partial charge on any atom is 0.317 e. The maximum absolute atomic E-state index is 12.5. The molecular weight excluding hydrogens is 304 g/mol. The third-order valence-electron chi connectivity index (χ3n) is 4.46. The standard InChI is InChI=1S/C18H24N4O2/c1-21-13-14(12-20-21)9-10-19-18(23)22-11-3-4-17(22)15-5-7-16(24-2)8-6-15/h5-8,12-13,17H,3-4,9-11H2,1-2H3,(H,19,23). The number of methoxy groups -OCH3 is 1. The molecule has 2 heterocycles. The van der Waals surface area contributed by atoms with E-state index in [4.69, 9.17) is 4.74 Å². The fourth-order valence-corrected chi connectivity index (χ4v) is 3.20. The van der Waals surface area contributed by atoms with Gasteiger partial charge in [0.05, 0.1) is 19.3 Å². The van der Waals surface area contributed by atoms with Gasteiger partial charge in [-0.15, -0.1) is 0 Å². The lowest BCUT2D eigenvalue weighted by Crippen LogP contribution is -2.40. The number of rotatable bonds is 5. The number of likely N-dealkylation sites (tertiary alicyclic amines) is 1. The molecule has 1 aromatic carbocycles. The van der Waals surface area contributed by atoms with Crippen LogP contribution in [-0.2, 0) is 13.5 Å². The largest absolute Gasteiger partial charge is 0.497 e. The average Bonchev–Trinajstić information content (AvgIpc) is 3.24. The predicted octanol–water partition coefficient (Wildman–Crippen LogP) is 2.52. The molecule has 3 rings (SSSR count). The van der Waals surface area contributed by atoms with Gasteiger partial charge in [-0.3, -0.25) is 4.68 Å². The lowest BCUT2D eigenvalue weighted by Gasteiger charge is -2.25. The Bertz CT molecular complexity index is 681. The van der Waals surface area contributed by atoms with Gasteiger partial charge in [-0.25, -0.2) is 4.79 Å². The van der Waals surface area contributed by atoms with Crippen LogP contribution in [0.15, 0.2) is 36.7 Å². The van der Waals surface area contributed by atoms with Crippen LogP contribution in [0, 0.1) is 0 Å². The van der Waals surface area contributed by atoms with Crippen molar-refractivity contribution in [3.63, 3.8) is 0 Å². The Morgan fingerprint density at radius 1 is 1.38 bits per heavy atom. The topological polar surface area (TPSA) is 59.4 Å². The van der Waals surface area contributed by atoms with Gasteiger partial charge >= 0.3 is 6.03 Å². The molecule has 0 saturated carbocycles. The van der Waals surface area contributed by atoms with E-state index >= 15 is 0 Å². The summed E-state index contributed by atoms with van der Waals surface area (Å²) in [6, 6.07) is 8.15. The Kier molecular flexibility index (Phi) is 5.03. The number of nitrogens with zero attached hydrogens (tertiary/aromatic N) is 3. The molecule has 6 heteroatoms. The van der Waals surface area contributed by atoms with Gasteiger partial charge in [0, 0.05) is 26.3 Å². The SMILES string of the molecule is COc1ccc(C2CCCN2C(=O)NCCc2cnn(C)c2)cc1. The second kappa shape index (κ2) is 7.38. The molecule has 1 atom stereocenters. The number of urea groups is 1. The molecule has 0 radical (unpaired) electrons. The number of aromatic nitrogens is 2. The van der Waals surface area contributed by atoms with E-state index < -0.39 is 0 Å². The fourth-order valence-electron chi connectivity index (χ4n) is 3.20. The van der Waals surface area contributed by atoms with Crippen molar-refractivity contribution < 1.29 is 9.53 Å². The zero-order chi connectivity index (χ0) is 16.9. The van der Waals surface area contributed by atoms with E-state index in [1.165, 1.54) is 0 Å². The normalized spacial score (nSPS) is 17.1. The summed E-state index contributed by atoms with van der Waals surface area (Å²) in [5.41, 5.74) is 2.29. The number of amides is 2. The first-order valence-corrected chi connectivity index (χ1v) is 8.33. The van der Waals surface area contributed by atoms with E-state index in [9.17, 15) is 4.79 Å². The molecule has 128 valence electrons. The summed E-state index contributed by atoms with van der Waals surface area (Å²) in [5.74, 6) is 0.837. The van der Waals surface area contributed by atoms with Crippen LogP contribution in [0.25, 0.3) is 0 Å². The molecule has 1 aliphatic heterocycles. The van der Waals surface area contributed by atoms with Crippen molar-refractivity contribution in [1.29, 1.82) is 0 Å². The van der Waals surface area contributed by atoms with E-state index in [1.807, 2.05) is 48.6 Å². The van der Waals surface area contributed by atoms with Crippen molar-refractivity contribution in [2.45, 2.75) is 25.3 Å². The Morgan fingerprint density at radius 3 is 2.83 bits per heavy atom. The first-order valence-electron chi connectivity index (χ1n) is 8.33. The summed E-state index contributed by atoms with van der Waals surface area (Å²) < 4.78 is 6.98. The molecule has 1 aliphatic rings. The van der Waals surface area contributed by atoms with Gasteiger partial charge in [0.25, 0.3) is 0 Å². The Labute approximate surface area is 142 Å². The minimum Gasteiger partial charge on any atom is -0.497 e. The van der Waals surface area contributed by atoms with Crippen LogP contribution >= 0.6 is 0 Å². The number of aryl methyl sites for hydroxylation is 1. The van der Waals surface area contributed by atoms with Crippen LogP contribution in [0.3, 0.4) is 0 Å². The Balaban J connectivity index is 1.56. The zero-order valence-corrected chi connectivity index (χ0v) is 14.2. The third kappa shape index (κ3) is 3.69. The molecular formula is C18H24N4O2. The van der Waals surface area contributed by atoms with Crippen molar-refractivity contribution in [2.75, 3.05) is 20.2 Å². The second-order valence-corrected chi connectivity index (χ2v) is 6.13. The predicted molar refractivity (Wildman–Crippen MR) is 92.0 cm³/mol. The smallest absolute Gasteiger partial charge is 0.317 e. The first-order chi connectivity index (χ1) is 11.7. The quantitative estimate of drug-likeness (QED) is 0.917. The van der Waals surface area contributed by atoms with Gasteiger partial charge < -0.3 is 15.0 Å². The van der Waals surface area contributed by atoms with E-state index in [-0.39, 0.29) is 12.1 Å². The summed E-state index contributed by atoms with van der Waals surface area (Å²) in [6.07, 6.45) is 6.64. The Morgan fingerprint density at radius 2 is 2.17 bits per heavy atom. The first kappa shape index (κ1) is 16.4. The number of carbonyl (C=O) groups is 1. The molecule has 0 aliphatic carbocycles. The molecule has 2 amide bonds. The molecule has 1 fully saturated rings. The van der Waals surface area contributed by atoms with Gasteiger partial charge in [0.2, 0.25) is 0 Å². The van der Waals surface area contributed by atoms with Crippen molar-refractivity contribution in [1.82, 2.24) is 20.0 Å². The van der Waals surface area contributed by atoms with Gasteiger partial charge in [-0.2, -0.15) is 5.10 Å². The maximum atomic E-state index is 12.5. The average molecular weight is 328 g/mol. The van der Waals surface area contributed by atoms with Crippen LogP contribution in [0.2, 0.25) is 0 Å². The van der Waals surface area contributed by atoms with E-state index in [1.54, 1.807) is 11.8 Å². The van der Waals surface area contributed by atoms with Crippen molar-refractivity contribution in [2.24, 2.45) is 7.05 Å². The van der Waals surface area contributed by atoms with Crippen molar-refractivity contribution in [3.8, 4) is 5.75 Å². The molecule has 24 heavy (non-hydrogen) atoms. The monoisotopic (exact) mass is 328 g/mol. The molecule has 1 aromatic heterocycles. The third-order valence-corrected chi connectivity index (χ3v) is 4.46. The van der Waals surface area contributed by atoms with Crippen LogP contribution in [-0.4, -0.2) is 40.9 Å². The summed E-state index contributed by atoms with van der Waals surface area (Å²) >= 11 is 0. The van der Waals surface area contributed by atoms with Gasteiger partial charge in [0.15, 0.2) is 0 Å². The lowest BCUT2D eigenvalue weighted by atomic mass is 10.0. The number of hydrogen-bond donors (Lipinski definition) is 1. The molecule has 0 spiro atoms. The molecule has 1 unspecified atom stereocenters. The zero-order valence-electron chi connectivity index (χ0n) is 14.2. The van der Waals surface area contributed by atoms with E-state index in [0.717, 1.165) is 42.7 Å². The van der Waals surface area contributed by atoms with Crippen LogP contribution < -0.4 is 10.1 Å².